The maximum Gasteiger partial charge on any atom is 0.132 e. The van der Waals surface area contributed by atoms with Gasteiger partial charge in [-0.15, -0.1) is 5.10 Å². The van der Waals surface area contributed by atoms with Gasteiger partial charge < -0.3 is 5.32 Å². The Bertz CT molecular complexity index is 939. The van der Waals surface area contributed by atoms with Gasteiger partial charge >= 0.3 is 0 Å². The Morgan fingerprint density at radius 1 is 1.04 bits per heavy atom. The van der Waals surface area contributed by atoms with E-state index in [1.54, 1.807) is 0 Å². The molecule has 27 heavy (non-hydrogen) atoms. The number of hydrogen-bond acceptors (Lipinski definition) is 4. The van der Waals surface area contributed by atoms with Gasteiger partial charge in [-0.3, -0.25) is 4.90 Å². The van der Waals surface area contributed by atoms with Crippen molar-refractivity contribution in [1.82, 2.24) is 25.2 Å². The molecule has 0 bridgehead atoms. The predicted molar refractivity (Wildman–Crippen MR) is 109 cm³/mol. The Kier molecular flexibility index (Phi) is 4.60. The Balaban J connectivity index is 1.38. The summed E-state index contributed by atoms with van der Waals surface area (Å²) >= 11 is 6.71. The number of rotatable bonds is 5. The molecule has 0 amide bonds. The average molecular weight is 382 g/mol. The van der Waals surface area contributed by atoms with Crippen LogP contribution in [-0.2, 0) is 13.1 Å². The Labute approximate surface area is 164 Å². The minimum absolute atomic E-state index is 0.699. The largest absolute Gasteiger partial charge is 0.314 e. The molecule has 6 heteroatoms. The smallest absolute Gasteiger partial charge is 0.132 e. The topological polar surface area (TPSA) is 46.0 Å². The van der Waals surface area contributed by atoms with Crippen LogP contribution >= 0.6 is 11.6 Å². The van der Waals surface area contributed by atoms with E-state index in [4.69, 9.17) is 11.6 Å². The lowest BCUT2D eigenvalue weighted by atomic mass is 10.0. The van der Waals surface area contributed by atoms with E-state index in [-0.39, 0.29) is 0 Å². The van der Waals surface area contributed by atoms with Crippen molar-refractivity contribution in [3.05, 3.63) is 47.0 Å². The number of nitrogens with one attached hydrogen (secondary N) is 1. The number of hydrogen-bond donors (Lipinski definition) is 1. The summed E-state index contributed by atoms with van der Waals surface area (Å²) in [6, 6.07) is 13.0. The minimum atomic E-state index is 0.699. The van der Waals surface area contributed by atoms with Gasteiger partial charge in [0, 0.05) is 44.8 Å². The van der Waals surface area contributed by atoms with Crippen molar-refractivity contribution in [3.63, 3.8) is 0 Å². The van der Waals surface area contributed by atoms with Gasteiger partial charge in [-0.25, -0.2) is 4.68 Å². The van der Waals surface area contributed by atoms with Crippen molar-refractivity contribution >= 4 is 22.6 Å². The molecule has 2 aliphatic rings. The van der Waals surface area contributed by atoms with Crippen LogP contribution in [0.25, 0.3) is 22.2 Å². The third-order valence-corrected chi connectivity index (χ3v) is 6.02. The normalized spacial score (nSPS) is 18.3. The fraction of sp³-hybridized carbons (Fsp3) is 0.429. The number of aromatic nitrogens is 3. The van der Waals surface area contributed by atoms with Gasteiger partial charge in [-0.1, -0.05) is 47.1 Å². The molecule has 1 aliphatic carbocycles. The average Bonchev–Trinajstić information content (AvgIpc) is 3.42. The SMILES string of the molecule is Clc1c(-c2ccc(CN3CCNCC3)cc2)ccc2c1nnn2CC1CC1. The number of benzene rings is 2. The molecule has 0 unspecified atom stereocenters. The van der Waals surface area contributed by atoms with E-state index >= 15 is 0 Å². The molecule has 1 saturated heterocycles. The van der Waals surface area contributed by atoms with E-state index in [9.17, 15) is 0 Å². The van der Waals surface area contributed by atoms with Gasteiger partial charge in [0.05, 0.1) is 10.5 Å². The van der Waals surface area contributed by atoms with Crippen LogP contribution in [0.3, 0.4) is 0 Å². The van der Waals surface area contributed by atoms with Crippen molar-refractivity contribution in [2.24, 2.45) is 5.92 Å². The molecule has 1 aromatic heterocycles. The lowest BCUT2D eigenvalue weighted by molar-refractivity contribution is 0.233. The summed E-state index contributed by atoms with van der Waals surface area (Å²) in [4.78, 5) is 2.49. The summed E-state index contributed by atoms with van der Waals surface area (Å²) in [5.74, 6) is 0.761. The molecule has 5 nitrogen and oxygen atoms in total. The number of nitrogens with zero attached hydrogens (tertiary/aromatic N) is 4. The maximum atomic E-state index is 6.71. The van der Waals surface area contributed by atoms with E-state index in [1.807, 2.05) is 4.68 Å². The molecular weight excluding hydrogens is 358 g/mol. The molecule has 0 spiro atoms. The number of halogens is 1. The van der Waals surface area contributed by atoms with E-state index in [0.29, 0.717) is 5.02 Å². The Morgan fingerprint density at radius 3 is 2.56 bits per heavy atom. The van der Waals surface area contributed by atoms with Crippen molar-refractivity contribution in [2.45, 2.75) is 25.9 Å². The first kappa shape index (κ1) is 17.2. The molecule has 1 aliphatic heterocycles. The summed E-state index contributed by atoms with van der Waals surface area (Å²) in [5, 5.41) is 12.8. The van der Waals surface area contributed by atoms with Gasteiger partial charge in [-0.2, -0.15) is 0 Å². The van der Waals surface area contributed by atoms with Crippen LogP contribution < -0.4 is 5.32 Å². The van der Waals surface area contributed by atoms with Crippen LogP contribution in [0.5, 0.6) is 0 Å². The third kappa shape index (κ3) is 3.59. The predicted octanol–water partition coefficient (Wildman–Crippen LogP) is 3.57. The van der Waals surface area contributed by atoms with Crippen molar-refractivity contribution < 1.29 is 0 Å². The van der Waals surface area contributed by atoms with Crippen molar-refractivity contribution in [1.29, 1.82) is 0 Å². The lowest BCUT2D eigenvalue weighted by Crippen LogP contribution is -2.42. The molecule has 2 fully saturated rings. The first-order valence-electron chi connectivity index (χ1n) is 9.82. The summed E-state index contributed by atoms with van der Waals surface area (Å²) in [5.41, 5.74) is 5.33. The fourth-order valence-electron chi connectivity index (χ4n) is 3.82. The van der Waals surface area contributed by atoms with E-state index in [0.717, 1.165) is 67.3 Å². The second-order valence-electron chi connectivity index (χ2n) is 7.73. The van der Waals surface area contributed by atoms with Crippen LogP contribution in [0.15, 0.2) is 36.4 Å². The monoisotopic (exact) mass is 381 g/mol. The Morgan fingerprint density at radius 2 is 1.81 bits per heavy atom. The zero-order valence-electron chi connectivity index (χ0n) is 15.4. The van der Waals surface area contributed by atoms with Crippen molar-refractivity contribution in [3.8, 4) is 11.1 Å². The Hall–Kier alpha value is -1.95. The molecule has 140 valence electrons. The number of fused-ring (bicyclic) bond motifs is 1. The highest BCUT2D eigenvalue weighted by Gasteiger charge is 2.23. The molecule has 3 aromatic rings. The van der Waals surface area contributed by atoms with Crippen molar-refractivity contribution in [2.75, 3.05) is 26.2 Å². The zero-order valence-corrected chi connectivity index (χ0v) is 16.1. The van der Waals surface area contributed by atoms with Gasteiger partial charge in [0.2, 0.25) is 0 Å². The van der Waals surface area contributed by atoms with Crippen LogP contribution in [0.2, 0.25) is 5.02 Å². The van der Waals surface area contributed by atoms with E-state index < -0.39 is 0 Å². The first-order valence-corrected chi connectivity index (χ1v) is 10.2. The third-order valence-electron chi connectivity index (χ3n) is 5.63. The number of piperazine rings is 1. The highest BCUT2D eigenvalue weighted by atomic mass is 35.5. The van der Waals surface area contributed by atoms with E-state index in [2.05, 4.69) is 56.9 Å². The second-order valence-corrected chi connectivity index (χ2v) is 8.11. The van der Waals surface area contributed by atoms with Crippen LogP contribution in [0.1, 0.15) is 18.4 Å². The maximum absolute atomic E-state index is 6.71. The summed E-state index contributed by atoms with van der Waals surface area (Å²) in [6.45, 7) is 6.34. The van der Waals surface area contributed by atoms with Gasteiger partial charge in [-0.05, 0) is 36.0 Å². The van der Waals surface area contributed by atoms with Gasteiger partial charge in [0.25, 0.3) is 0 Å². The summed E-state index contributed by atoms with van der Waals surface area (Å²) in [7, 11) is 0. The highest BCUT2D eigenvalue weighted by Crippen LogP contribution is 2.35. The van der Waals surface area contributed by atoms with Crippen LogP contribution in [0.4, 0.5) is 0 Å². The first-order chi connectivity index (χ1) is 13.3. The second kappa shape index (κ2) is 7.23. The summed E-state index contributed by atoms with van der Waals surface area (Å²) in [6.07, 6.45) is 2.60. The fourth-order valence-corrected chi connectivity index (χ4v) is 4.13. The molecule has 2 heterocycles. The van der Waals surface area contributed by atoms with Gasteiger partial charge in [0.1, 0.15) is 5.52 Å². The molecule has 1 saturated carbocycles. The molecular formula is C21H24ClN5. The van der Waals surface area contributed by atoms with E-state index in [1.165, 1.54) is 18.4 Å². The van der Waals surface area contributed by atoms with Crippen LogP contribution in [0, 0.1) is 5.92 Å². The minimum Gasteiger partial charge on any atom is -0.314 e. The quantitative estimate of drug-likeness (QED) is 0.734. The summed E-state index contributed by atoms with van der Waals surface area (Å²) < 4.78 is 2.00. The highest BCUT2D eigenvalue weighted by molar-refractivity contribution is 6.37. The molecule has 5 rings (SSSR count). The lowest BCUT2D eigenvalue weighted by Gasteiger charge is -2.27. The molecule has 1 N–H and O–H groups in total. The molecule has 2 aromatic carbocycles. The molecule has 0 atom stereocenters. The molecule has 0 radical (unpaired) electrons. The van der Waals surface area contributed by atoms with Gasteiger partial charge in [0.15, 0.2) is 0 Å². The zero-order chi connectivity index (χ0) is 18.2. The van der Waals surface area contributed by atoms with Crippen LogP contribution in [-0.4, -0.2) is 46.1 Å². The standard InChI is InChI=1S/C21H24ClN5/c22-20-18(7-8-19-21(20)24-25-27(19)14-16-1-2-16)17-5-3-15(4-6-17)13-26-11-9-23-10-12-26/h3-8,16,23H,1-2,9-14H2.